The summed E-state index contributed by atoms with van der Waals surface area (Å²) in [7, 11) is 1.55. The van der Waals surface area contributed by atoms with Crippen LogP contribution in [0.3, 0.4) is 0 Å². The summed E-state index contributed by atoms with van der Waals surface area (Å²) < 4.78 is 23.4. The normalized spacial score (nSPS) is 14.6. The Kier molecular flexibility index (Phi) is 38.3. The first-order valence-electron chi connectivity index (χ1n) is 23.4. The number of phosphoric acid groups is 1. The monoisotopic (exact) mass is 812 g/mol. The quantitative estimate of drug-likeness (QED) is 0.0245. The van der Waals surface area contributed by atoms with Gasteiger partial charge in [-0.1, -0.05) is 185 Å². The van der Waals surface area contributed by atoms with Crippen LogP contribution in [-0.2, 0) is 18.4 Å². The highest BCUT2D eigenvalue weighted by atomic mass is 31.2. The smallest absolute Gasteiger partial charge is 0.387 e. The third kappa shape index (κ3) is 40.9. The number of likely N-dealkylation sites (N-methyl/N-ethyl adjacent to an activating group) is 1. The number of allylic oxidation sites excluding steroid dienone is 5. The zero-order chi connectivity index (χ0) is 41.4. The van der Waals surface area contributed by atoms with Gasteiger partial charge in [0.15, 0.2) is 0 Å². The lowest BCUT2D eigenvalue weighted by Gasteiger charge is -2.25. The van der Waals surface area contributed by atoms with E-state index in [1.165, 1.54) is 141 Å². The van der Waals surface area contributed by atoms with Crippen LogP contribution in [-0.4, -0.2) is 73.4 Å². The number of amides is 1. The van der Waals surface area contributed by atoms with Gasteiger partial charge >= 0.3 is 7.82 Å². The Bertz CT molecular complexity index is 1010. The first-order chi connectivity index (χ1) is 27.0. The van der Waals surface area contributed by atoms with Gasteiger partial charge in [-0.05, 0) is 51.4 Å². The van der Waals surface area contributed by atoms with E-state index in [2.05, 4.69) is 43.5 Å². The molecule has 0 saturated heterocycles. The molecule has 0 spiro atoms. The van der Waals surface area contributed by atoms with E-state index in [1.807, 2.05) is 27.2 Å². The van der Waals surface area contributed by atoms with Crippen LogP contribution >= 0.6 is 7.82 Å². The van der Waals surface area contributed by atoms with Crippen molar-refractivity contribution in [1.82, 2.24) is 5.32 Å². The third-order valence-electron chi connectivity index (χ3n) is 10.3. The lowest BCUT2D eigenvalue weighted by atomic mass is 10.0. The van der Waals surface area contributed by atoms with Crippen molar-refractivity contribution in [2.24, 2.45) is 0 Å². The highest BCUT2D eigenvalue weighted by Gasteiger charge is 2.27. The highest BCUT2D eigenvalue weighted by molar-refractivity contribution is 7.47. The SMILES string of the molecule is CCC/C=C/CC/C=C/C(O)C(COP(=O)(O)OCC[N+](C)(C)C)NC(=O)CCCCCCCCCCCCCCCCC/C=C\CCCCCCCCCC. The fourth-order valence-corrected chi connectivity index (χ4v) is 7.32. The Morgan fingerprint density at radius 3 is 1.50 bits per heavy atom. The predicted octanol–water partition coefficient (Wildman–Crippen LogP) is 13.1. The van der Waals surface area contributed by atoms with Crippen molar-refractivity contribution >= 4 is 13.7 Å². The van der Waals surface area contributed by atoms with E-state index in [0.29, 0.717) is 17.4 Å². The number of aliphatic hydroxyl groups excluding tert-OH is 1. The Labute approximate surface area is 347 Å². The number of rotatable bonds is 42. The van der Waals surface area contributed by atoms with Gasteiger partial charge in [-0.25, -0.2) is 4.57 Å². The van der Waals surface area contributed by atoms with Gasteiger partial charge in [0.2, 0.25) is 5.91 Å². The molecule has 3 atom stereocenters. The minimum absolute atomic E-state index is 0.0561. The molecule has 0 radical (unpaired) electrons. The topological polar surface area (TPSA) is 105 Å². The summed E-state index contributed by atoms with van der Waals surface area (Å²) in [5, 5.41) is 13.7. The zero-order valence-electron chi connectivity index (χ0n) is 37.4. The Morgan fingerprint density at radius 2 is 1.02 bits per heavy atom. The van der Waals surface area contributed by atoms with Gasteiger partial charge in [0.25, 0.3) is 0 Å². The molecule has 0 aromatic rings. The summed E-state index contributed by atoms with van der Waals surface area (Å²) in [6.07, 6.45) is 48.4. The summed E-state index contributed by atoms with van der Waals surface area (Å²) in [4.78, 5) is 23.0. The summed E-state index contributed by atoms with van der Waals surface area (Å²) in [6, 6.07) is -0.858. The number of quaternary nitrogens is 1. The second kappa shape index (κ2) is 39.2. The molecule has 0 heterocycles. The van der Waals surface area contributed by atoms with Gasteiger partial charge in [0.05, 0.1) is 39.9 Å². The molecule has 0 aromatic carbocycles. The Morgan fingerprint density at radius 1 is 0.589 bits per heavy atom. The molecule has 0 aliphatic rings. The van der Waals surface area contributed by atoms with Gasteiger partial charge in [-0.3, -0.25) is 13.8 Å². The molecular weight excluding hydrogens is 719 g/mol. The van der Waals surface area contributed by atoms with Crippen LogP contribution in [0.2, 0.25) is 0 Å². The van der Waals surface area contributed by atoms with E-state index in [-0.39, 0.29) is 19.1 Å². The molecule has 330 valence electrons. The fraction of sp³-hybridized carbons (Fsp3) is 0.851. The molecule has 0 aromatic heterocycles. The molecule has 0 rings (SSSR count). The second-order valence-corrected chi connectivity index (χ2v) is 18.6. The van der Waals surface area contributed by atoms with Crippen LogP contribution in [0.4, 0.5) is 0 Å². The molecule has 0 aliphatic heterocycles. The standard InChI is InChI=1S/C47H91N2O6P/c1-6-8-10-12-14-15-16-17-18-19-20-21-22-23-24-25-26-27-28-29-30-31-32-33-35-37-39-41-47(51)48-45(46(50)40-38-36-34-13-11-9-7-2)44-55-56(52,53)54-43-42-49(3,4)5/h11,13,19-20,38,40,45-46,50H,6-10,12,14-18,21-37,39,41-44H2,1-5H3,(H-,48,51,52,53)/p+1/b13-11+,20-19-,40-38+. The number of nitrogens with one attached hydrogen (secondary N) is 1. The largest absolute Gasteiger partial charge is 0.472 e. The van der Waals surface area contributed by atoms with Crippen LogP contribution in [0.25, 0.3) is 0 Å². The molecule has 8 nitrogen and oxygen atoms in total. The highest BCUT2D eigenvalue weighted by Crippen LogP contribution is 2.43. The van der Waals surface area contributed by atoms with E-state index in [9.17, 15) is 19.4 Å². The molecule has 56 heavy (non-hydrogen) atoms. The number of phosphoric ester groups is 1. The number of aliphatic hydroxyl groups is 1. The maximum absolute atomic E-state index is 12.8. The number of hydrogen-bond donors (Lipinski definition) is 3. The van der Waals surface area contributed by atoms with Crippen LogP contribution in [0.1, 0.15) is 206 Å². The number of unbranched alkanes of at least 4 members (excludes halogenated alkanes) is 25. The van der Waals surface area contributed by atoms with Crippen molar-refractivity contribution in [3.05, 3.63) is 36.5 Å². The molecule has 1 amide bonds. The van der Waals surface area contributed by atoms with E-state index < -0.39 is 20.0 Å². The molecular formula is C47H92N2O6P+. The van der Waals surface area contributed by atoms with Crippen LogP contribution < -0.4 is 5.32 Å². The molecule has 0 aliphatic carbocycles. The molecule has 9 heteroatoms. The molecule has 0 saturated carbocycles. The van der Waals surface area contributed by atoms with Crippen molar-refractivity contribution in [3.63, 3.8) is 0 Å². The Hall–Kier alpha value is -1.28. The molecule has 0 fully saturated rings. The van der Waals surface area contributed by atoms with Gasteiger partial charge < -0.3 is 19.8 Å². The number of carbonyl (C=O) groups is 1. The number of nitrogens with zero attached hydrogens (tertiary/aromatic N) is 1. The fourth-order valence-electron chi connectivity index (χ4n) is 6.59. The second-order valence-electron chi connectivity index (χ2n) is 17.1. The first-order valence-corrected chi connectivity index (χ1v) is 24.9. The number of hydrogen-bond acceptors (Lipinski definition) is 5. The molecule has 3 unspecified atom stereocenters. The van der Waals surface area contributed by atoms with Gasteiger partial charge in [0.1, 0.15) is 13.2 Å². The van der Waals surface area contributed by atoms with Crippen molar-refractivity contribution in [2.75, 3.05) is 40.9 Å². The molecule has 3 N–H and O–H groups in total. The summed E-state index contributed by atoms with van der Waals surface area (Å²) in [5.74, 6) is -0.191. The van der Waals surface area contributed by atoms with Crippen molar-refractivity contribution in [2.45, 2.75) is 219 Å². The summed E-state index contributed by atoms with van der Waals surface area (Å²) >= 11 is 0. The lowest BCUT2D eigenvalue weighted by Crippen LogP contribution is -2.45. The van der Waals surface area contributed by atoms with Crippen LogP contribution in [0, 0.1) is 0 Å². The van der Waals surface area contributed by atoms with E-state index in [1.54, 1.807) is 6.08 Å². The third-order valence-corrected chi connectivity index (χ3v) is 11.3. The van der Waals surface area contributed by atoms with E-state index in [4.69, 9.17) is 9.05 Å². The average Bonchev–Trinajstić information content (AvgIpc) is 3.15. The number of carbonyl (C=O) groups excluding carboxylic acids is 1. The van der Waals surface area contributed by atoms with Crippen molar-refractivity contribution in [1.29, 1.82) is 0 Å². The van der Waals surface area contributed by atoms with Gasteiger partial charge in [0, 0.05) is 6.42 Å². The average molecular weight is 812 g/mol. The lowest BCUT2D eigenvalue weighted by molar-refractivity contribution is -0.870. The van der Waals surface area contributed by atoms with Crippen molar-refractivity contribution < 1.29 is 32.9 Å². The maximum Gasteiger partial charge on any atom is 0.472 e. The summed E-state index contributed by atoms with van der Waals surface area (Å²) in [6.45, 7) is 4.68. The van der Waals surface area contributed by atoms with E-state index >= 15 is 0 Å². The van der Waals surface area contributed by atoms with Crippen LogP contribution in [0.5, 0.6) is 0 Å². The predicted molar refractivity (Wildman–Crippen MR) is 240 cm³/mol. The van der Waals surface area contributed by atoms with E-state index in [0.717, 1.165) is 44.9 Å². The minimum Gasteiger partial charge on any atom is -0.387 e. The zero-order valence-corrected chi connectivity index (χ0v) is 38.3. The van der Waals surface area contributed by atoms with Crippen molar-refractivity contribution in [3.8, 4) is 0 Å². The Balaban J connectivity index is 4.01. The van der Waals surface area contributed by atoms with Crippen LogP contribution in [0.15, 0.2) is 36.5 Å². The summed E-state index contributed by atoms with van der Waals surface area (Å²) in [5.41, 5.74) is 0. The first kappa shape index (κ1) is 54.7. The molecule has 0 bridgehead atoms. The maximum atomic E-state index is 12.8. The van der Waals surface area contributed by atoms with Gasteiger partial charge in [-0.15, -0.1) is 0 Å². The van der Waals surface area contributed by atoms with Gasteiger partial charge in [-0.2, -0.15) is 0 Å². The minimum atomic E-state index is -4.33.